The summed E-state index contributed by atoms with van der Waals surface area (Å²) < 4.78 is 92.6. The molecule has 0 aromatic carbocycles. The Morgan fingerprint density at radius 2 is 1.58 bits per heavy atom. The van der Waals surface area contributed by atoms with Crippen molar-refractivity contribution in [2.75, 3.05) is 59.0 Å². The molecule has 25 nitrogen and oxygen atoms in total. The van der Waals surface area contributed by atoms with E-state index >= 15 is 0 Å². The molecule has 3 saturated heterocycles. The van der Waals surface area contributed by atoms with Gasteiger partial charge in [-0.25, -0.2) is 14.2 Å². The third-order valence-corrected chi connectivity index (χ3v) is 16.9. The van der Waals surface area contributed by atoms with Gasteiger partial charge in [-0.05, 0) is 81.0 Å². The highest BCUT2D eigenvalue weighted by atomic mass is 32.2. The van der Waals surface area contributed by atoms with Crippen LogP contribution in [0.25, 0.3) is 11.0 Å². The number of ether oxygens (including phenoxy) is 7. The molecule has 450 valence electrons. The van der Waals surface area contributed by atoms with E-state index in [1.807, 2.05) is 25.9 Å². The van der Waals surface area contributed by atoms with E-state index in [9.17, 15) is 52.4 Å². The van der Waals surface area contributed by atoms with Crippen molar-refractivity contribution in [2.45, 2.75) is 179 Å². The number of aliphatic hydroxyl groups is 3. The molecular formula is C52H84FN5O20S. The number of anilines is 1. The van der Waals surface area contributed by atoms with Crippen molar-refractivity contribution in [1.29, 1.82) is 0 Å². The fourth-order valence-electron chi connectivity index (χ4n) is 11.0. The molecule has 79 heavy (non-hydrogen) atoms. The van der Waals surface area contributed by atoms with Crippen molar-refractivity contribution in [2.24, 2.45) is 23.7 Å². The number of aromatic amines is 1. The van der Waals surface area contributed by atoms with Gasteiger partial charge in [-0.1, -0.05) is 27.7 Å². The molecule has 27 heteroatoms. The minimum Gasteiger partial charge on any atom is -0.483 e. The molecule has 0 saturated carbocycles. The number of hydrogen-bond acceptors (Lipinski definition) is 22. The van der Waals surface area contributed by atoms with Gasteiger partial charge < -0.3 is 79.2 Å². The highest BCUT2D eigenvalue weighted by Crippen LogP contribution is 2.42. The zero-order valence-electron chi connectivity index (χ0n) is 47.6. The summed E-state index contributed by atoms with van der Waals surface area (Å²) in [7, 11) is 2.22. The van der Waals surface area contributed by atoms with E-state index in [-0.39, 0.29) is 80.1 Å². The van der Waals surface area contributed by atoms with Crippen molar-refractivity contribution >= 4 is 51.2 Å². The number of likely N-dealkylation sites (N-methyl/N-ethyl adjacent to an activating group) is 1. The van der Waals surface area contributed by atoms with Gasteiger partial charge in [0.25, 0.3) is 16.6 Å². The minimum atomic E-state index is -4.29. The number of rotatable bonds is 18. The molecule has 5 rings (SSSR count). The van der Waals surface area contributed by atoms with Crippen molar-refractivity contribution < 1.29 is 94.9 Å². The Kier molecular flexibility index (Phi) is 23.9. The number of halogens is 1. The normalized spacial score (nSPS) is 36.2. The summed E-state index contributed by atoms with van der Waals surface area (Å²) in [6.07, 6.45) is -9.93. The number of ketones is 1. The smallest absolute Gasteiger partial charge is 0.341 e. The topological polar surface area (TPSA) is 350 Å². The number of carboxylic acid groups (broad SMARTS) is 2. The summed E-state index contributed by atoms with van der Waals surface area (Å²) in [6, 6.07) is 0.506. The number of pyridine rings is 2. The summed E-state index contributed by atoms with van der Waals surface area (Å²) in [5.74, 6) is -8.23. The van der Waals surface area contributed by atoms with Gasteiger partial charge >= 0.3 is 11.9 Å². The number of carbonyl (C=O) groups is 4. The molecule has 0 amide bonds. The van der Waals surface area contributed by atoms with E-state index < -0.39 is 140 Å². The first-order valence-electron chi connectivity index (χ1n) is 26.4. The molecule has 3 aliphatic heterocycles. The number of carbonyl (C=O) groups excluding carboxylic acids is 2. The van der Waals surface area contributed by atoms with Gasteiger partial charge in [0.2, 0.25) is 5.43 Å². The number of Topliss-reactive ketones (excluding diaryl/α,β-unsaturated/α-hetero) is 1. The Bertz CT molecular complexity index is 2560. The van der Waals surface area contributed by atoms with Gasteiger partial charge in [-0.3, -0.25) is 23.4 Å². The van der Waals surface area contributed by atoms with Crippen LogP contribution in [0.2, 0.25) is 0 Å². The SMILES string of the molecule is CC[C@H]1OC(=O)[C@H](C)[C@@H](O[C@H]2C[C@@](C)(OC)[C@@H](OS(=O)(=O)CCNCCNc3nc4[nH]cc(C(=O)O)c(=O)c4cc3F)[C@H](C)O2)[C@H](C)[C@@H](O[C@@H]2O[C@H](C)C[C@H](N(C)C)[C@H]2O)[C@](C)(OC)C[C@@H](C)C(=O)[C@H](C)[C@@H](O)[C@]1(C)O.O=CO. The van der Waals surface area contributed by atoms with E-state index in [0.717, 1.165) is 12.3 Å². The first kappa shape index (κ1) is 67.1. The average Bonchev–Trinajstić information content (AvgIpc) is 3.38. The Hall–Kier alpha value is -4.36. The maximum atomic E-state index is 14.9. The third kappa shape index (κ3) is 16.0. The van der Waals surface area contributed by atoms with Crippen LogP contribution in [0.1, 0.15) is 105 Å². The van der Waals surface area contributed by atoms with Gasteiger partial charge in [-0.2, -0.15) is 8.42 Å². The van der Waals surface area contributed by atoms with Crippen LogP contribution in [0.15, 0.2) is 17.1 Å². The zero-order valence-corrected chi connectivity index (χ0v) is 48.4. The first-order valence-corrected chi connectivity index (χ1v) is 28.0. The number of fused-ring (bicyclic) bond motifs is 1. The molecule has 2 aromatic rings. The number of nitrogens with one attached hydrogen (secondary N) is 3. The monoisotopic (exact) mass is 1150 g/mol. The van der Waals surface area contributed by atoms with Crippen molar-refractivity contribution in [3.63, 3.8) is 0 Å². The molecule has 0 aliphatic carbocycles. The Morgan fingerprint density at radius 3 is 2.16 bits per heavy atom. The average molecular weight is 1150 g/mol. The number of carboxylic acids is 1. The highest BCUT2D eigenvalue weighted by molar-refractivity contribution is 7.86. The number of aliphatic hydroxyl groups excluding tert-OH is 2. The van der Waals surface area contributed by atoms with Gasteiger partial charge in [0.15, 0.2) is 24.2 Å². The first-order chi connectivity index (χ1) is 36.8. The lowest BCUT2D eigenvalue weighted by molar-refractivity contribution is -0.317. The van der Waals surface area contributed by atoms with Gasteiger partial charge in [0.1, 0.15) is 40.9 Å². The van der Waals surface area contributed by atoms with Crippen LogP contribution in [0.5, 0.6) is 0 Å². The predicted molar refractivity (Wildman–Crippen MR) is 283 cm³/mol. The maximum absolute atomic E-state index is 14.9. The molecule has 0 unspecified atom stereocenters. The van der Waals surface area contributed by atoms with Crippen LogP contribution in [0.3, 0.4) is 0 Å². The van der Waals surface area contributed by atoms with E-state index in [0.29, 0.717) is 6.42 Å². The van der Waals surface area contributed by atoms with E-state index in [1.165, 1.54) is 28.1 Å². The Labute approximate surface area is 460 Å². The van der Waals surface area contributed by atoms with Gasteiger partial charge in [0, 0.05) is 70.3 Å². The van der Waals surface area contributed by atoms with Crippen LogP contribution >= 0.6 is 0 Å². The molecule has 0 radical (unpaired) electrons. The number of hydrogen-bond donors (Lipinski definition) is 8. The van der Waals surface area contributed by atoms with Crippen LogP contribution in [0.4, 0.5) is 10.2 Å². The van der Waals surface area contributed by atoms with Crippen molar-refractivity contribution in [1.82, 2.24) is 20.2 Å². The molecule has 8 N–H and O–H groups in total. The molecule has 5 heterocycles. The summed E-state index contributed by atoms with van der Waals surface area (Å²) in [5, 5.41) is 56.8. The highest BCUT2D eigenvalue weighted by Gasteiger charge is 2.55. The van der Waals surface area contributed by atoms with Crippen LogP contribution in [-0.2, 0) is 61.8 Å². The Balaban J connectivity index is 0.00000438. The molecule has 0 spiro atoms. The quantitative estimate of drug-likeness (QED) is 0.0459. The second-order valence-corrected chi connectivity index (χ2v) is 23.5. The van der Waals surface area contributed by atoms with E-state index in [2.05, 4.69) is 20.6 Å². The summed E-state index contributed by atoms with van der Waals surface area (Å²) in [5.41, 5.74) is -6.33. The molecule has 2 aromatic heterocycles. The second-order valence-electron chi connectivity index (χ2n) is 21.8. The second kappa shape index (κ2) is 28.1. The Morgan fingerprint density at radius 1 is 0.962 bits per heavy atom. The van der Waals surface area contributed by atoms with Gasteiger partial charge in [-0.15, -0.1) is 0 Å². The zero-order chi connectivity index (χ0) is 59.7. The largest absolute Gasteiger partial charge is 0.483 e. The number of cyclic esters (lactones) is 1. The summed E-state index contributed by atoms with van der Waals surface area (Å²) in [6.45, 7) is 16.2. The lowest BCUT2D eigenvalue weighted by Gasteiger charge is -2.50. The lowest BCUT2D eigenvalue weighted by Crippen LogP contribution is -2.62. The molecule has 3 fully saturated rings. The fraction of sp³-hybridized carbons (Fsp3) is 0.769. The molecule has 0 bridgehead atoms. The standard InChI is InChI=1S/C51H82FN5O18S.CH2O2/c1-15-35-51(10,65)41(61)27(4)37(58)25(2)22-49(8,68-13)42(74-48-39(60)34(57(11)12)20-26(3)70-48)28(5)40(29(6)47(64)72-35)73-36-23-50(9,69-14)43(30(7)71-36)75-76(66,67)19-18-53-16-17-54-45-33(52)21-31-38(59)32(46(62)63)24-55-44(31)56-45;2-1-3/h21,24-30,34-36,39-43,48,53,60-61,65H,15-20,22-23H2,1-14H3,(H,62,63)(H2,54,55,56,59);1H,(H,2,3)/t25-,26-,27+,28+,29-,30+,34+,35-,36+,39-,40+,41-,42-,43+,48+,49-,50-,51-;/m1./s1. The van der Waals surface area contributed by atoms with Crippen LogP contribution in [-0.4, -0.2) is 211 Å². The molecule has 18 atom stereocenters. The lowest BCUT2D eigenvalue weighted by atomic mass is 9.74. The third-order valence-electron chi connectivity index (χ3n) is 15.6. The van der Waals surface area contributed by atoms with E-state index in [4.69, 9.17) is 47.2 Å². The molecule has 3 aliphatic rings. The maximum Gasteiger partial charge on any atom is 0.341 e. The number of nitrogens with zero attached hydrogens (tertiary/aromatic N) is 2. The van der Waals surface area contributed by atoms with Crippen LogP contribution < -0.4 is 16.1 Å². The van der Waals surface area contributed by atoms with Crippen LogP contribution in [0, 0.1) is 29.5 Å². The van der Waals surface area contributed by atoms with Crippen molar-refractivity contribution in [3.05, 3.63) is 33.9 Å². The summed E-state index contributed by atoms with van der Waals surface area (Å²) >= 11 is 0. The number of H-pyrrole nitrogens is 1. The number of esters is 1. The number of methoxy groups -OCH3 is 2. The predicted octanol–water partition coefficient (Wildman–Crippen LogP) is 2.27. The number of aromatic nitrogens is 2. The van der Waals surface area contributed by atoms with E-state index in [1.54, 1.807) is 48.5 Å². The van der Waals surface area contributed by atoms with Gasteiger partial charge in [0.05, 0.1) is 58.8 Å². The fourth-order valence-corrected chi connectivity index (χ4v) is 12.1. The number of aromatic carboxylic acids is 1. The minimum absolute atomic E-state index is 0.0134. The molecular weight excluding hydrogens is 1070 g/mol. The summed E-state index contributed by atoms with van der Waals surface area (Å²) in [4.78, 5) is 69.4. The van der Waals surface area contributed by atoms with Crippen molar-refractivity contribution in [3.8, 4) is 0 Å².